The molecule has 180 valence electrons. The van der Waals surface area contributed by atoms with Crippen LogP contribution in [0.5, 0.6) is 11.5 Å². The van der Waals surface area contributed by atoms with Crippen LogP contribution in [0.15, 0.2) is 18.2 Å². The summed E-state index contributed by atoms with van der Waals surface area (Å²) in [6.45, 7) is 1.24. The highest BCUT2D eigenvalue weighted by molar-refractivity contribution is 5.84. The SMILES string of the molecule is CCOC(=O)Cc1ccc(OC(=O)C(F)(F)C(F)(F)F)c(OC(=O)C(F)(F)C(F)(F)F)c1. The standard InChI is InChI=1S/C16H10F10O6/c1-2-30-10(27)6-7-3-4-8(31-11(28)13(17,18)15(21,22)23)9(5-7)32-12(29)14(19,20)16(24,25)26/h3-5H,2,6H2,1H3. The third-order valence-corrected chi connectivity index (χ3v) is 3.29. The summed E-state index contributed by atoms with van der Waals surface area (Å²) in [4.78, 5) is 33.9. The average molecular weight is 488 g/mol. The molecule has 0 spiro atoms. The molecular weight excluding hydrogens is 478 g/mol. The molecule has 0 amide bonds. The molecule has 0 fully saturated rings. The van der Waals surface area contributed by atoms with Crippen LogP contribution in [0.4, 0.5) is 43.9 Å². The molecule has 0 radical (unpaired) electrons. The predicted octanol–water partition coefficient (Wildman–Crippen LogP) is 4.00. The first-order valence-corrected chi connectivity index (χ1v) is 7.96. The maximum Gasteiger partial charge on any atom is 0.465 e. The lowest BCUT2D eigenvalue weighted by Gasteiger charge is -2.20. The number of carbonyl (C=O) groups is 3. The molecule has 0 unspecified atom stereocenters. The molecule has 6 nitrogen and oxygen atoms in total. The molecule has 32 heavy (non-hydrogen) atoms. The van der Waals surface area contributed by atoms with Gasteiger partial charge in [0, 0.05) is 0 Å². The summed E-state index contributed by atoms with van der Waals surface area (Å²) in [6.07, 6.45) is -13.6. The van der Waals surface area contributed by atoms with Crippen molar-refractivity contribution in [1.82, 2.24) is 0 Å². The Kier molecular flexibility index (Phi) is 7.75. The average Bonchev–Trinajstić information content (AvgIpc) is 2.61. The molecule has 0 atom stereocenters. The van der Waals surface area contributed by atoms with Crippen LogP contribution in [0.25, 0.3) is 0 Å². The zero-order valence-corrected chi connectivity index (χ0v) is 15.4. The number of esters is 3. The van der Waals surface area contributed by atoms with E-state index in [0.29, 0.717) is 12.1 Å². The number of hydrogen-bond donors (Lipinski definition) is 0. The molecule has 0 aliphatic heterocycles. The van der Waals surface area contributed by atoms with E-state index in [2.05, 4.69) is 14.2 Å². The maximum atomic E-state index is 13.1. The Balaban J connectivity index is 3.36. The molecule has 0 aliphatic rings. The summed E-state index contributed by atoms with van der Waals surface area (Å²) in [5.74, 6) is -23.0. The smallest absolute Gasteiger partial charge is 0.465 e. The van der Waals surface area contributed by atoms with Gasteiger partial charge in [0.15, 0.2) is 11.5 Å². The minimum atomic E-state index is -6.47. The van der Waals surface area contributed by atoms with Crippen molar-refractivity contribution >= 4 is 17.9 Å². The van der Waals surface area contributed by atoms with E-state index >= 15 is 0 Å². The van der Waals surface area contributed by atoms with Crippen LogP contribution in [0.1, 0.15) is 12.5 Å². The van der Waals surface area contributed by atoms with Gasteiger partial charge >= 0.3 is 42.1 Å². The summed E-state index contributed by atoms with van der Waals surface area (Å²) < 4.78 is 138. The second-order valence-electron chi connectivity index (χ2n) is 5.69. The second kappa shape index (κ2) is 9.20. The third kappa shape index (κ3) is 6.00. The Labute approximate surface area is 171 Å². The van der Waals surface area contributed by atoms with Crippen LogP contribution in [0.3, 0.4) is 0 Å². The van der Waals surface area contributed by atoms with Crippen molar-refractivity contribution in [2.75, 3.05) is 6.61 Å². The van der Waals surface area contributed by atoms with Gasteiger partial charge in [0.05, 0.1) is 13.0 Å². The Morgan fingerprint density at radius 3 is 1.59 bits per heavy atom. The second-order valence-corrected chi connectivity index (χ2v) is 5.69. The molecule has 0 bridgehead atoms. The topological polar surface area (TPSA) is 78.9 Å². The number of hydrogen-bond acceptors (Lipinski definition) is 6. The van der Waals surface area contributed by atoms with Gasteiger partial charge < -0.3 is 14.2 Å². The third-order valence-electron chi connectivity index (χ3n) is 3.29. The Hall–Kier alpha value is -3.07. The first kappa shape index (κ1) is 27.0. The molecule has 16 heteroatoms. The van der Waals surface area contributed by atoms with E-state index in [1.54, 1.807) is 0 Å². The molecule has 0 N–H and O–H groups in total. The van der Waals surface area contributed by atoms with Crippen LogP contribution in [0.2, 0.25) is 0 Å². The summed E-state index contributed by atoms with van der Waals surface area (Å²) in [5, 5.41) is 0. The van der Waals surface area contributed by atoms with E-state index in [-0.39, 0.29) is 12.2 Å². The van der Waals surface area contributed by atoms with E-state index < -0.39 is 60.0 Å². The van der Waals surface area contributed by atoms with E-state index in [1.165, 1.54) is 6.92 Å². The van der Waals surface area contributed by atoms with Gasteiger partial charge in [-0.3, -0.25) is 4.79 Å². The van der Waals surface area contributed by atoms with Gasteiger partial charge in [-0.2, -0.15) is 43.9 Å². The molecule has 0 saturated heterocycles. The van der Waals surface area contributed by atoms with Crippen molar-refractivity contribution in [3.05, 3.63) is 23.8 Å². The molecule has 0 aliphatic carbocycles. The maximum absolute atomic E-state index is 13.1. The Bertz CT molecular complexity index is 875. The van der Waals surface area contributed by atoms with Gasteiger partial charge in [-0.15, -0.1) is 0 Å². The fraction of sp³-hybridized carbons (Fsp3) is 0.438. The fourth-order valence-corrected chi connectivity index (χ4v) is 1.76. The number of halogens is 10. The Morgan fingerprint density at radius 2 is 1.19 bits per heavy atom. The van der Waals surface area contributed by atoms with E-state index in [4.69, 9.17) is 0 Å². The predicted molar refractivity (Wildman–Crippen MR) is 80.1 cm³/mol. The normalized spacial score (nSPS) is 12.8. The van der Waals surface area contributed by atoms with Crippen molar-refractivity contribution in [3.8, 4) is 11.5 Å². The quantitative estimate of drug-likeness (QED) is 0.328. The molecule has 1 rings (SSSR count). The summed E-state index contributed by atoms with van der Waals surface area (Å²) in [7, 11) is 0. The lowest BCUT2D eigenvalue weighted by atomic mass is 10.1. The number of carbonyl (C=O) groups excluding carboxylic acids is 3. The molecular formula is C16H10F10O6. The fourth-order valence-electron chi connectivity index (χ4n) is 1.76. The van der Waals surface area contributed by atoms with E-state index in [1.807, 2.05) is 0 Å². The van der Waals surface area contributed by atoms with Gasteiger partial charge in [0.25, 0.3) is 0 Å². The highest BCUT2D eigenvalue weighted by Crippen LogP contribution is 2.40. The minimum absolute atomic E-state index is 0.138. The summed E-state index contributed by atoms with van der Waals surface area (Å²) >= 11 is 0. The van der Waals surface area contributed by atoms with E-state index in [0.717, 1.165) is 6.07 Å². The first-order chi connectivity index (χ1) is 14.3. The molecule has 0 aromatic heterocycles. The van der Waals surface area contributed by atoms with Crippen LogP contribution in [-0.2, 0) is 25.5 Å². The van der Waals surface area contributed by atoms with Gasteiger partial charge in [0.1, 0.15) is 0 Å². The van der Waals surface area contributed by atoms with Crippen LogP contribution >= 0.6 is 0 Å². The van der Waals surface area contributed by atoms with E-state index in [9.17, 15) is 58.3 Å². The monoisotopic (exact) mass is 488 g/mol. The number of alkyl halides is 10. The van der Waals surface area contributed by atoms with Crippen molar-refractivity contribution < 1.29 is 72.5 Å². The highest BCUT2D eigenvalue weighted by atomic mass is 19.4. The van der Waals surface area contributed by atoms with Crippen molar-refractivity contribution in [2.24, 2.45) is 0 Å². The molecule has 0 heterocycles. The first-order valence-electron chi connectivity index (χ1n) is 7.96. The van der Waals surface area contributed by atoms with Crippen LogP contribution in [0, 0.1) is 0 Å². The highest BCUT2D eigenvalue weighted by Gasteiger charge is 2.66. The number of ether oxygens (including phenoxy) is 3. The van der Waals surface area contributed by atoms with Crippen LogP contribution in [-0.4, -0.2) is 48.7 Å². The van der Waals surface area contributed by atoms with Gasteiger partial charge in [-0.05, 0) is 24.6 Å². The summed E-state index contributed by atoms with van der Waals surface area (Å²) in [6, 6.07) is 1.38. The largest absolute Gasteiger partial charge is 0.466 e. The number of benzene rings is 1. The van der Waals surface area contributed by atoms with Gasteiger partial charge in [-0.1, -0.05) is 6.07 Å². The minimum Gasteiger partial charge on any atom is -0.466 e. The summed E-state index contributed by atoms with van der Waals surface area (Å²) in [5.41, 5.74) is -0.344. The molecule has 1 aromatic rings. The number of rotatable bonds is 7. The lowest BCUT2D eigenvalue weighted by molar-refractivity contribution is -0.277. The van der Waals surface area contributed by atoms with Crippen molar-refractivity contribution in [1.29, 1.82) is 0 Å². The molecule has 1 aromatic carbocycles. The van der Waals surface area contributed by atoms with Gasteiger partial charge in [0.2, 0.25) is 0 Å². The van der Waals surface area contributed by atoms with Crippen molar-refractivity contribution in [3.63, 3.8) is 0 Å². The lowest BCUT2D eigenvalue weighted by Crippen LogP contribution is -2.47. The van der Waals surface area contributed by atoms with Crippen molar-refractivity contribution in [2.45, 2.75) is 37.5 Å². The zero-order chi connectivity index (χ0) is 25.1. The van der Waals surface area contributed by atoms with Gasteiger partial charge in [-0.25, -0.2) is 9.59 Å². The molecule has 0 saturated carbocycles. The zero-order valence-electron chi connectivity index (χ0n) is 15.4. The van der Waals surface area contributed by atoms with Crippen LogP contribution < -0.4 is 9.47 Å². The Morgan fingerprint density at radius 1 is 0.750 bits per heavy atom.